The SMILES string of the molecule is COC(=O)CNC(=O)/C=C/c1cccc(Cl)c1Cl. The molecule has 1 amide bonds. The fraction of sp³-hybridized carbons (Fsp3) is 0.167. The van der Waals surface area contributed by atoms with Gasteiger partial charge in [0.2, 0.25) is 5.91 Å². The van der Waals surface area contributed by atoms with E-state index in [1.807, 2.05) is 0 Å². The van der Waals surface area contributed by atoms with Crippen LogP contribution in [0.2, 0.25) is 10.0 Å². The highest BCUT2D eigenvalue weighted by Gasteiger charge is 2.03. The summed E-state index contributed by atoms with van der Waals surface area (Å²) in [7, 11) is 1.25. The molecule has 1 aromatic rings. The Kier molecular flexibility index (Phi) is 5.68. The second kappa shape index (κ2) is 7.03. The molecule has 18 heavy (non-hydrogen) atoms. The van der Waals surface area contributed by atoms with Crippen molar-refractivity contribution in [2.75, 3.05) is 13.7 Å². The van der Waals surface area contributed by atoms with E-state index in [0.29, 0.717) is 15.6 Å². The number of rotatable bonds is 4. The van der Waals surface area contributed by atoms with E-state index >= 15 is 0 Å². The van der Waals surface area contributed by atoms with Crippen molar-refractivity contribution in [1.29, 1.82) is 0 Å². The molecule has 1 aromatic carbocycles. The summed E-state index contributed by atoms with van der Waals surface area (Å²) >= 11 is 11.8. The Morgan fingerprint density at radius 1 is 1.39 bits per heavy atom. The Balaban J connectivity index is 2.61. The van der Waals surface area contributed by atoms with E-state index in [4.69, 9.17) is 23.2 Å². The van der Waals surface area contributed by atoms with Crippen LogP contribution >= 0.6 is 23.2 Å². The van der Waals surface area contributed by atoms with Gasteiger partial charge in [-0.1, -0.05) is 35.3 Å². The van der Waals surface area contributed by atoms with E-state index in [2.05, 4.69) is 10.1 Å². The van der Waals surface area contributed by atoms with Crippen molar-refractivity contribution in [2.24, 2.45) is 0 Å². The van der Waals surface area contributed by atoms with Gasteiger partial charge in [0.1, 0.15) is 6.54 Å². The van der Waals surface area contributed by atoms with E-state index in [9.17, 15) is 9.59 Å². The lowest BCUT2D eigenvalue weighted by molar-refractivity contribution is -0.140. The average Bonchev–Trinajstić information content (AvgIpc) is 2.37. The van der Waals surface area contributed by atoms with Crippen LogP contribution in [0.4, 0.5) is 0 Å². The topological polar surface area (TPSA) is 55.4 Å². The second-order valence-corrected chi connectivity index (χ2v) is 4.06. The van der Waals surface area contributed by atoms with Crippen molar-refractivity contribution < 1.29 is 14.3 Å². The number of methoxy groups -OCH3 is 1. The largest absolute Gasteiger partial charge is 0.468 e. The first-order chi connectivity index (χ1) is 8.54. The number of halogens is 2. The van der Waals surface area contributed by atoms with Gasteiger partial charge in [0.15, 0.2) is 0 Å². The van der Waals surface area contributed by atoms with Gasteiger partial charge in [-0.15, -0.1) is 0 Å². The van der Waals surface area contributed by atoms with Crippen molar-refractivity contribution in [3.63, 3.8) is 0 Å². The van der Waals surface area contributed by atoms with Crippen molar-refractivity contribution >= 4 is 41.2 Å². The normalized spacial score (nSPS) is 10.4. The van der Waals surface area contributed by atoms with Gasteiger partial charge in [-0.3, -0.25) is 9.59 Å². The third kappa shape index (κ3) is 4.39. The number of amides is 1. The van der Waals surface area contributed by atoms with Crippen LogP contribution in [0.5, 0.6) is 0 Å². The first-order valence-corrected chi connectivity index (χ1v) is 5.77. The van der Waals surface area contributed by atoms with Crippen molar-refractivity contribution in [3.8, 4) is 0 Å². The van der Waals surface area contributed by atoms with Gasteiger partial charge in [0.05, 0.1) is 17.2 Å². The molecule has 0 saturated heterocycles. The van der Waals surface area contributed by atoms with Crippen LogP contribution in [0.15, 0.2) is 24.3 Å². The molecule has 0 spiro atoms. The lowest BCUT2D eigenvalue weighted by Gasteiger charge is -2.01. The predicted molar refractivity (Wildman–Crippen MR) is 70.5 cm³/mol. The Morgan fingerprint density at radius 2 is 2.11 bits per heavy atom. The number of hydrogen-bond donors (Lipinski definition) is 1. The van der Waals surface area contributed by atoms with Gasteiger partial charge in [-0.25, -0.2) is 0 Å². The van der Waals surface area contributed by atoms with Gasteiger partial charge >= 0.3 is 5.97 Å². The molecule has 0 aromatic heterocycles. The Bertz CT molecular complexity index is 486. The van der Waals surface area contributed by atoms with Crippen LogP contribution in [0, 0.1) is 0 Å². The summed E-state index contributed by atoms with van der Waals surface area (Å²) in [5, 5.41) is 3.14. The van der Waals surface area contributed by atoms with Crippen LogP contribution in [0.3, 0.4) is 0 Å². The van der Waals surface area contributed by atoms with E-state index in [-0.39, 0.29) is 6.54 Å². The van der Waals surface area contributed by atoms with Crippen molar-refractivity contribution in [3.05, 3.63) is 39.9 Å². The standard InChI is InChI=1S/C12H11Cl2NO3/c1-18-11(17)7-15-10(16)6-5-8-3-2-4-9(13)12(8)14/h2-6H,7H2,1H3,(H,15,16)/b6-5+. The maximum Gasteiger partial charge on any atom is 0.325 e. The summed E-state index contributed by atoms with van der Waals surface area (Å²) in [5.74, 6) is -0.936. The van der Waals surface area contributed by atoms with Crippen LogP contribution < -0.4 is 5.32 Å². The number of hydrogen-bond acceptors (Lipinski definition) is 3. The summed E-state index contributed by atoms with van der Waals surface area (Å²) < 4.78 is 4.38. The fourth-order valence-electron chi connectivity index (χ4n) is 1.11. The minimum absolute atomic E-state index is 0.178. The molecule has 1 rings (SSSR count). The monoisotopic (exact) mass is 287 g/mol. The van der Waals surface area contributed by atoms with E-state index < -0.39 is 11.9 Å². The maximum atomic E-state index is 11.4. The second-order valence-electron chi connectivity index (χ2n) is 3.27. The molecule has 0 aliphatic rings. The highest BCUT2D eigenvalue weighted by atomic mass is 35.5. The smallest absolute Gasteiger partial charge is 0.325 e. The lowest BCUT2D eigenvalue weighted by Crippen LogP contribution is -2.28. The molecule has 0 radical (unpaired) electrons. The molecule has 0 saturated carbocycles. The lowest BCUT2D eigenvalue weighted by atomic mass is 10.2. The molecule has 0 aliphatic heterocycles. The van der Waals surface area contributed by atoms with Crippen LogP contribution in [-0.4, -0.2) is 25.5 Å². The molecular weight excluding hydrogens is 277 g/mol. The molecule has 0 aliphatic carbocycles. The summed E-state index contributed by atoms with van der Waals surface area (Å²) in [4.78, 5) is 22.1. The molecule has 0 atom stereocenters. The zero-order valence-electron chi connectivity index (χ0n) is 9.57. The quantitative estimate of drug-likeness (QED) is 0.683. The first-order valence-electron chi connectivity index (χ1n) is 5.01. The minimum Gasteiger partial charge on any atom is -0.468 e. The number of ether oxygens (including phenoxy) is 1. The van der Waals surface area contributed by atoms with E-state index in [1.165, 1.54) is 19.3 Å². The highest BCUT2D eigenvalue weighted by Crippen LogP contribution is 2.26. The molecule has 96 valence electrons. The average molecular weight is 288 g/mol. The third-order valence-corrected chi connectivity index (χ3v) is 2.86. The molecular formula is C12H11Cl2NO3. The summed E-state index contributed by atoms with van der Waals surface area (Å²) in [6, 6.07) is 5.09. The summed E-state index contributed by atoms with van der Waals surface area (Å²) in [6.45, 7) is -0.178. The van der Waals surface area contributed by atoms with Gasteiger partial charge in [0.25, 0.3) is 0 Å². The number of benzene rings is 1. The van der Waals surface area contributed by atoms with Crippen LogP contribution in [0.25, 0.3) is 6.08 Å². The van der Waals surface area contributed by atoms with Gasteiger partial charge in [-0.2, -0.15) is 0 Å². The Morgan fingerprint density at radius 3 is 2.78 bits per heavy atom. The maximum absolute atomic E-state index is 11.4. The van der Waals surface area contributed by atoms with Gasteiger partial charge < -0.3 is 10.1 Å². The molecule has 0 heterocycles. The fourth-order valence-corrected chi connectivity index (χ4v) is 1.48. The molecule has 4 nitrogen and oxygen atoms in total. The van der Waals surface area contributed by atoms with Crippen molar-refractivity contribution in [2.45, 2.75) is 0 Å². The first kappa shape index (κ1) is 14.5. The number of esters is 1. The van der Waals surface area contributed by atoms with Gasteiger partial charge in [0, 0.05) is 6.08 Å². The molecule has 1 N–H and O–H groups in total. The predicted octanol–water partition coefficient (Wildman–Crippen LogP) is 2.30. The zero-order valence-corrected chi connectivity index (χ0v) is 11.1. The molecule has 0 fully saturated rings. The Hall–Kier alpha value is -1.52. The number of carbonyl (C=O) groups is 2. The summed E-state index contributed by atoms with van der Waals surface area (Å²) in [6.07, 6.45) is 2.78. The zero-order chi connectivity index (χ0) is 13.5. The molecule has 6 heteroatoms. The van der Waals surface area contributed by atoms with Crippen LogP contribution in [-0.2, 0) is 14.3 Å². The van der Waals surface area contributed by atoms with E-state index in [0.717, 1.165) is 0 Å². The summed E-state index contributed by atoms with van der Waals surface area (Å²) in [5.41, 5.74) is 0.623. The Labute approximate surface area is 115 Å². The highest BCUT2D eigenvalue weighted by molar-refractivity contribution is 6.42. The minimum atomic E-state index is -0.516. The van der Waals surface area contributed by atoms with Gasteiger partial charge in [-0.05, 0) is 17.7 Å². The molecule has 0 unspecified atom stereocenters. The van der Waals surface area contributed by atoms with Crippen LogP contribution in [0.1, 0.15) is 5.56 Å². The van der Waals surface area contributed by atoms with E-state index in [1.54, 1.807) is 18.2 Å². The van der Waals surface area contributed by atoms with Crippen molar-refractivity contribution in [1.82, 2.24) is 5.32 Å². The number of carbonyl (C=O) groups excluding carboxylic acids is 2. The third-order valence-electron chi connectivity index (χ3n) is 2.03. The number of nitrogens with one attached hydrogen (secondary N) is 1. The molecule has 0 bridgehead atoms.